The molecule has 0 aliphatic carbocycles. The number of carbonyl (C=O) groups is 1. The van der Waals surface area contributed by atoms with Crippen LogP contribution < -0.4 is 10.6 Å². The van der Waals surface area contributed by atoms with Crippen LogP contribution in [-0.2, 0) is 0 Å². The largest absolute Gasteiger partial charge is 0.363 e. The summed E-state index contributed by atoms with van der Waals surface area (Å²) in [4.78, 5) is 11.9. The van der Waals surface area contributed by atoms with E-state index in [4.69, 9.17) is 0 Å². The van der Waals surface area contributed by atoms with Gasteiger partial charge in [0.1, 0.15) is 5.82 Å². The van der Waals surface area contributed by atoms with E-state index in [-0.39, 0.29) is 16.7 Å². The van der Waals surface area contributed by atoms with E-state index < -0.39 is 0 Å². The lowest BCUT2D eigenvalue weighted by Gasteiger charge is -2.05. The van der Waals surface area contributed by atoms with E-state index in [9.17, 15) is 9.18 Å². The topological polar surface area (TPSA) is 66.9 Å². The smallest absolute Gasteiger partial charge is 0.286 e. The van der Waals surface area contributed by atoms with Crippen LogP contribution in [-0.4, -0.2) is 23.2 Å². The van der Waals surface area contributed by atoms with Crippen LogP contribution in [0, 0.1) is 9.39 Å². The Balaban J connectivity index is 2.16. The molecule has 0 unspecified atom stereocenters. The van der Waals surface area contributed by atoms with Crippen molar-refractivity contribution < 1.29 is 9.18 Å². The molecule has 8 heteroatoms. The Morgan fingerprint density at radius 3 is 2.83 bits per heavy atom. The number of hydrogen-bond donors (Lipinski definition) is 2. The predicted molar refractivity (Wildman–Crippen MR) is 76.5 cm³/mol. The third-order valence-corrected chi connectivity index (χ3v) is 3.84. The van der Waals surface area contributed by atoms with E-state index in [1.54, 1.807) is 7.05 Å². The summed E-state index contributed by atoms with van der Waals surface area (Å²) in [6, 6.07) is 4.14. The molecule has 0 aliphatic heterocycles. The number of amides is 1. The van der Waals surface area contributed by atoms with Gasteiger partial charge >= 0.3 is 0 Å². The summed E-state index contributed by atoms with van der Waals surface area (Å²) in [5, 5.41) is 13.8. The molecule has 0 fully saturated rings. The molecule has 0 aliphatic rings. The molecule has 0 saturated heterocycles. The molecule has 5 nitrogen and oxygen atoms in total. The number of nitrogens with zero attached hydrogens (tertiary/aromatic N) is 2. The Hall–Kier alpha value is -1.29. The maximum atomic E-state index is 12.9. The van der Waals surface area contributed by atoms with Gasteiger partial charge in [0.2, 0.25) is 10.1 Å². The second-order valence-electron chi connectivity index (χ2n) is 3.24. The Morgan fingerprint density at radius 1 is 1.44 bits per heavy atom. The van der Waals surface area contributed by atoms with Gasteiger partial charge in [0.25, 0.3) is 5.91 Å². The molecule has 2 aromatic rings. The first kappa shape index (κ1) is 13.1. The zero-order valence-corrected chi connectivity index (χ0v) is 12.2. The number of rotatable bonds is 3. The van der Waals surface area contributed by atoms with Gasteiger partial charge in [0.05, 0.1) is 5.69 Å². The van der Waals surface area contributed by atoms with Crippen molar-refractivity contribution in [2.24, 2.45) is 0 Å². The number of carbonyl (C=O) groups excluding carboxylic acids is 1. The quantitative estimate of drug-likeness (QED) is 0.806. The first-order valence-electron chi connectivity index (χ1n) is 4.88. The standard InChI is InChI=1S/C10H8FIN4OS/c1-13-10-16-15-9(18-10)8(17)14-7-3-2-5(11)4-6(7)12/h2-4H,1H3,(H,13,16)(H,14,17). The highest BCUT2D eigenvalue weighted by Gasteiger charge is 2.13. The molecule has 1 amide bonds. The van der Waals surface area contributed by atoms with Crippen LogP contribution >= 0.6 is 33.9 Å². The van der Waals surface area contributed by atoms with Crippen LogP contribution in [0.1, 0.15) is 9.80 Å². The van der Waals surface area contributed by atoms with Crippen LogP contribution in [0.3, 0.4) is 0 Å². The van der Waals surface area contributed by atoms with Gasteiger partial charge in [-0.1, -0.05) is 11.3 Å². The predicted octanol–water partition coefficient (Wildman–Crippen LogP) is 2.58. The zero-order valence-electron chi connectivity index (χ0n) is 9.20. The summed E-state index contributed by atoms with van der Waals surface area (Å²) in [5.74, 6) is -0.704. The normalized spacial score (nSPS) is 10.2. The minimum Gasteiger partial charge on any atom is -0.363 e. The van der Waals surface area contributed by atoms with Crippen LogP contribution in [0.2, 0.25) is 0 Å². The van der Waals surface area contributed by atoms with Gasteiger partial charge < -0.3 is 10.6 Å². The lowest BCUT2D eigenvalue weighted by molar-refractivity contribution is 0.102. The van der Waals surface area contributed by atoms with Gasteiger partial charge in [-0.25, -0.2) is 4.39 Å². The van der Waals surface area contributed by atoms with Crippen molar-refractivity contribution in [1.82, 2.24) is 10.2 Å². The minimum atomic E-state index is -0.362. The van der Waals surface area contributed by atoms with Crippen molar-refractivity contribution in [1.29, 1.82) is 0 Å². The molecule has 0 spiro atoms. The van der Waals surface area contributed by atoms with Gasteiger partial charge in [0.15, 0.2) is 0 Å². The first-order chi connectivity index (χ1) is 8.60. The highest BCUT2D eigenvalue weighted by molar-refractivity contribution is 14.1. The Morgan fingerprint density at radius 2 is 2.22 bits per heavy atom. The van der Waals surface area contributed by atoms with Crippen molar-refractivity contribution >= 4 is 50.7 Å². The van der Waals surface area contributed by atoms with Crippen molar-refractivity contribution in [3.05, 3.63) is 32.6 Å². The summed E-state index contributed by atoms with van der Waals surface area (Å²) in [7, 11) is 1.70. The summed E-state index contributed by atoms with van der Waals surface area (Å²) in [6.45, 7) is 0. The maximum absolute atomic E-state index is 12.9. The van der Waals surface area contributed by atoms with Crippen molar-refractivity contribution in [2.45, 2.75) is 0 Å². The van der Waals surface area contributed by atoms with Gasteiger partial charge in [-0.2, -0.15) is 0 Å². The molecular formula is C10H8FIN4OS. The number of halogens is 2. The second kappa shape index (κ2) is 5.57. The van der Waals surface area contributed by atoms with E-state index in [1.165, 1.54) is 18.2 Å². The zero-order chi connectivity index (χ0) is 13.1. The number of anilines is 2. The lowest BCUT2D eigenvalue weighted by atomic mass is 10.3. The van der Waals surface area contributed by atoms with Crippen LogP contribution in [0.5, 0.6) is 0 Å². The fourth-order valence-corrected chi connectivity index (χ4v) is 2.39. The molecule has 0 atom stereocenters. The van der Waals surface area contributed by atoms with Gasteiger partial charge in [-0.3, -0.25) is 4.79 Å². The number of benzene rings is 1. The molecule has 0 bridgehead atoms. The van der Waals surface area contributed by atoms with Gasteiger partial charge in [-0.05, 0) is 40.8 Å². The second-order valence-corrected chi connectivity index (χ2v) is 5.38. The molecule has 1 aromatic heterocycles. The maximum Gasteiger partial charge on any atom is 0.286 e. The van der Waals surface area contributed by atoms with Crippen molar-refractivity contribution in [2.75, 3.05) is 17.7 Å². The van der Waals surface area contributed by atoms with Gasteiger partial charge in [0, 0.05) is 10.6 Å². The summed E-state index contributed by atoms with van der Waals surface area (Å²) in [5.41, 5.74) is 0.545. The average Bonchev–Trinajstić information content (AvgIpc) is 2.81. The Labute approximate surface area is 120 Å². The molecule has 1 aromatic carbocycles. The van der Waals surface area contributed by atoms with E-state index in [0.717, 1.165) is 11.3 Å². The summed E-state index contributed by atoms with van der Waals surface area (Å²) in [6.07, 6.45) is 0. The van der Waals surface area contributed by atoms with Crippen LogP contribution in [0.15, 0.2) is 18.2 Å². The van der Waals surface area contributed by atoms with E-state index in [0.29, 0.717) is 14.4 Å². The molecule has 2 rings (SSSR count). The fraction of sp³-hybridized carbons (Fsp3) is 0.100. The number of aromatic nitrogens is 2. The first-order valence-corrected chi connectivity index (χ1v) is 6.77. The van der Waals surface area contributed by atoms with E-state index in [2.05, 4.69) is 20.8 Å². The summed E-state index contributed by atoms with van der Waals surface area (Å²) < 4.78 is 13.5. The van der Waals surface area contributed by atoms with Crippen LogP contribution in [0.25, 0.3) is 0 Å². The third-order valence-electron chi connectivity index (χ3n) is 2.01. The van der Waals surface area contributed by atoms with Crippen LogP contribution in [0.4, 0.5) is 15.2 Å². The highest BCUT2D eigenvalue weighted by atomic mass is 127. The van der Waals surface area contributed by atoms with Crippen molar-refractivity contribution in [3.63, 3.8) is 0 Å². The summed E-state index contributed by atoms with van der Waals surface area (Å²) >= 11 is 3.10. The van der Waals surface area contributed by atoms with Crippen molar-refractivity contribution in [3.8, 4) is 0 Å². The molecular weight excluding hydrogens is 370 g/mol. The fourth-order valence-electron chi connectivity index (χ4n) is 1.18. The SMILES string of the molecule is CNc1nnc(C(=O)Nc2ccc(F)cc2I)s1. The third kappa shape index (κ3) is 2.93. The minimum absolute atomic E-state index is 0.250. The van der Waals surface area contributed by atoms with E-state index >= 15 is 0 Å². The monoisotopic (exact) mass is 378 g/mol. The average molecular weight is 378 g/mol. The van der Waals surface area contributed by atoms with E-state index in [1.807, 2.05) is 22.6 Å². The Kier molecular flexibility index (Phi) is 4.07. The molecule has 0 saturated carbocycles. The molecule has 18 heavy (non-hydrogen) atoms. The number of hydrogen-bond acceptors (Lipinski definition) is 5. The number of nitrogens with one attached hydrogen (secondary N) is 2. The molecule has 0 radical (unpaired) electrons. The lowest BCUT2D eigenvalue weighted by Crippen LogP contribution is -2.12. The molecule has 1 heterocycles. The molecule has 2 N–H and O–H groups in total. The Bertz CT molecular complexity index is 589. The molecule has 94 valence electrons. The van der Waals surface area contributed by atoms with Gasteiger partial charge in [-0.15, -0.1) is 10.2 Å². The highest BCUT2D eigenvalue weighted by Crippen LogP contribution is 2.21.